The molecule has 0 atom stereocenters. The van der Waals surface area contributed by atoms with Gasteiger partial charge in [0.2, 0.25) is 0 Å². The summed E-state index contributed by atoms with van der Waals surface area (Å²) < 4.78 is 0. The average molecular weight is 249 g/mol. The molecular weight excluding hydrogens is 232 g/mol. The van der Waals surface area contributed by atoms with E-state index in [9.17, 15) is 0 Å². The predicted molar refractivity (Wildman–Crippen MR) is 72.9 cm³/mol. The van der Waals surface area contributed by atoms with Crippen molar-refractivity contribution in [2.24, 2.45) is 0 Å². The maximum absolute atomic E-state index is 6.41. The Balaban J connectivity index is 2.05. The fourth-order valence-corrected chi connectivity index (χ4v) is 3.09. The third kappa shape index (κ3) is 2.07. The van der Waals surface area contributed by atoms with Crippen molar-refractivity contribution >= 4 is 22.5 Å². The largest absolute Gasteiger partial charge is 0.359 e. The number of aromatic amines is 1. The Bertz CT molecular complexity index is 538. The summed E-state index contributed by atoms with van der Waals surface area (Å²) in [5, 5.41) is 5.53. The smallest absolute Gasteiger partial charge is 0.0459 e. The lowest BCUT2D eigenvalue weighted by Crippen LogP contribution is -2.26. The molecule has 90 valence electrons. The molecule has 2 nitrogen and oxygen atoms in total. The zero-order valence-electron chi connectivity index (χ0n) is 10.0. The average Bonchev–Trinajstić information content (AvgIpc) is 2.68. The molecule has 1 aromatic heterocycles. The van der Waals surface area contributed by atoms with Crippen LogP contribution >= 0.6 is 11.6 Å². The van der Waals surface area contributed by atoms with E-state index in [-0.39, 0.29) is 0 Å². The maximum atomic E-state index is 6.41. The Hall–Kier alpha value is -0.990. The lowest BCUT2D eigenvalue weighted by atomic mass is 9.90. The van der Waals surface area contributed by atoms with E-state index in [0.29, 0.717) is 5.92 Å². The molecule has 1 aliphatic rings. The van der Waals surface area contributed by atoms with Gasteiger partial charge >= 0.3 is 0 Å². The second-order valence-electron chi connectivity index (χ2n) is 4.94. The molecule has 0 radical (unpaired) electrons. The number of piperidine rings is 1. The first kappa shape index (κ1) is 11.1. The van der Waals surface area contributed by atoms with Gasteiger partial charge in [0.15, 0.2) is 0 Å². The summed E-state index contributed by atoms with van der Waals surface area (Å²) in [6.45, 7) is 4.28. The van der Waals surface area contributed by atoms with E-state index < -0.39 is 0 Å². The maximum Gasteiger partial charge on any atom is 0.0459 e. The molecule has 0 aliphatic carbocycles. The monoisotopic (exact) mass is 248 g/mol. The van der Waals surface area contributed by atoms with Gasteiger partial charge in [-0.2, -0.15) is 0 Å². The van der Waals surface area contributed by atoms with Crippen LogP contribution in [0.4, 0.5) is 0 Å². The van der Waals surface area contributed by atoms with Gasteiger partial charge in [-0.1, -0.05) is 11.6 Å². The van der Waals surface area contributed by atoms with E-state index in [1.807, 2.05) is 0 Å². The first-order valence-electron chi connectivity index (χ1n) is 6.23. The lowest BCUT2D eigenvalue weighted by Gasteiger charge is -2.23. The number of aryl methyl sites for hydroxylation is 1. The molecule has 0 amide bonds. The second kappa shape index (κ2) is 4.35. The van der Waals surface area contributed by atoms with Crippen LogP contribution in [0, 0.1) is 6.92 Å². The van der Waals surface area contributed by atoms with Crippen LogP contribution in [0.3, 0.4) is 0 Å². The SMILES string of the molecule is Cc1cc2cc(Cl)c(C3CCNCC3)cc2[nH]1. The first-order chi connectivity index (χ1) is 8.24. The summed E-state index contributed by atoms with van der Waals surface area (Å²) >= 11 is 6.41. The minimum absolute atomic E-state index is 0.608. The van der Waals surface area contributed by atoms with Gasteiger partial charge < -0.3 is 10.3 Å². The minimum atomic E-state index is 0.608. The highest BCUT2D eigenvalue weighted by Gasteiger charge is 2.18. The van der Waals surface area contributed by atoms with Crippen LogP contribution in [0.2, 0.25) is 5.02 Å². The zero-order valence-corrected chi connectivity index (χ0v) is 10.8. The van der Waals surface area contributed by atoms with Crippen molar-refractivity contribution in [3.63, 3.8) is 0 Å². The molecule has 1 aliphatic heterocycles. The van der Waals surface area contributed by atoms with Crippen molar-refractivity contribution in [1.29, 1.82) is 0 Å². The van der Waals surface area contributed by atoms with Gasteiger partial charge in [-0.25, -0.2) is 0 Å². The number of fused-ring (bicyclic) bond motifs is 1. The number of hydrogen-bond acceptors (Lipinski definition) is 1. The van der Waals surface area contributed by atoms with Crippen LogP contribution < -0.4 is 5.32 Å². The quantitative estimate of drug-likeness (QED) is 0.793. The van der Waals surface area contributed by atoms with Crippen molar-refractivity contribution in [3.05, 3.63) is 34.5 Å². The summed E-state index contributed by atoms with van der Waals surface area (Å²) in [5.41, 5.74) is 3.71. The Labute approximate surface area is 106 Å². The summed E-state index contributed by atoms with van der Waals surface area (Å²) in [4.78, 5) is 3.39. The van der Waals surface area contributed by atoms with E-state index >= 15 is 0 Å². The predicted octanol–water partition coefficient (Wildman–Crippen LogP) is 3.60. The first-order valence-corrected chi connectivity index (χ1v) is 6.61. The number of hydrogen-bond donors (Lipinski definition) is 2. The highest BCUT2D eigenvalue weighted by atomic mass is 35.5. The Morgan fingerprint density at radius 2 is 1.94 bits per heavy atom. The van der Waals surface area contributed by atoms with Gasteiger partial charge in [0.05, 0.1) is 0 Å². The molecule has 3 rings (SSSR count). The molecule has 17 heavy (non-hydrogen) atoms. The molecule has 2 aromatic rings. The minimum Gasteiger partial charge on any atom is -0.359 e. The standard InChI is InChI=1S/C14H17ClN2/c1-9-6-11-7-13(15)12(8-14(11)17-9)10-2-4-16-5-3-10/h6-8,10,16-17H,2-5H2,1H3. The summed E-state index contributed by atoms with van der Waals surface area (Å²) in [6, 6.07) is 6.48. The van der Waals surface area contributed by atoms with E-state index in [1.165, 1.54) is 35.0 Å². The Kier molecular flexibility index (Phi) is 2.85. The number of nitrogens with one attached hydrogen (secondary N) is 2. The third-order valence-electron chi connectivity index (χ3n) is 3.65. The van der Waals surface area contributed by atoms with Crippen molar-refractivity contribution in [3.8, 4) is 0 Å². The molecule has 3 heteroatoms. The van der Waals surface area contributed by atoms with E-state index in [2.05, 4.69) is 35.4 Å². The van der Waals surface area contributed by atoms with Gasteiger partial charge in [-0.15, -0.1) is 0 Å². The molecule has 0 saturated carbocycles. The molecule has 0 spiro atoms. The molecule has 1 fully saturated rings. The van der Waals surface area contributed by atoms with Crippen LogP contribution in [0.25, 0.3) is 10.9 Å². The van der Waals surface area contributed by atoms with Crippen molar-refractivity contribution in [2.45, 2.75) is 25.7 Å². The van der Waals surface area contributed by atoms with Crippen LogP contribution in [-0.2, 0) is 0 Å². The Morgan fingerprint density at radius 3 is 2.71 bits per heavy atom. The van der Waals surface area contributed by atoms with Crippen LogP contribution in [0.1, 0.15) is 30.0 Å². The summed E-state index contributed by atoms with van der Waals surface area (Å²) in [7, 11) is 0. The normalized spacial score (nSPS) is 17.8. The van der Waals surface area contributed by atoms with Crippen LogP contribution in [0.5, 0.6) is 0 Å². The second-order valence-corrected chi connectivity index (χ2v) is 5.34. The third-order valence-corrected chi connectivity index (χ3v) is 3.98. The number of H-pyrrole nitrogens is 1. The lowest BCUT2D eigenvalue weighted by molar-refractivity contribution is 0.461. The summed E-state index contributed by atoms with van der Waals surface area (Å²) in [6.07, 6.45) is 2.37. The highest BCUT2D eigenvalue weighted by Crippen LogP contribution is 2.34. The fourth-order valence-electron chi connectivity index (χ4n) is 2.76. The van der Waals surface area contributed by atoms with Gasteiger partial charge in [0, 0.05) is 21.6 Å². The van der Waals surface area contributed by atoms with Crippen LogP contribution in [0.15, 0.2) is 18.2 Å². The summed E-state index contributed by atoms with van der Waals surface area (Å²) in [5.74, 6) is 0.608. The van der Waals surface area contributed by atoms with Crippen LogP contribution in [-0.4, -0.2) is 18.1 Å². The van der Waals surface area contributed by atoms with E-state index in [1.54, 1.807) is 0 Å². The molecule has 1 saturated heterocycles. The van der Waals surface area contributed by atoms with Gasteiger partial charge in [-0.3, -0.25) is 0 Å². The van der Waals surface area contributed by atoms with E-state index in [0.717, 1.165) is 18.1 Å². The number of aromatic nitrogens is 1. The molecule has 1 aromatic carbocycles. The molecule has 0 bridgehead atoms. The Morgan fingerprint density at radius 1 is 1.18 bits per heavy atom. The van der Waals surface area contributed by atoms with Crippen molar-refractivity contribution in [1.82, 2.24) is 10.3 Å². The molecule has 0 unspecified atom stereocenters. The molecular formula is C14H17ClN2. The van der Waals surface area contributed by atoms with Crippen molar-refractivity contribution in [2.75, 3.05) is 13.1 Å². The fraction of sp³-hybridized carbons (Fsp3) is 0.429. The van der Waals surface area contributed by atoms with Gasteiger partial charge in [0.1, 0.15) is 0 Å². The topological polar surface area (TPSA) is 27.8 Å². The number of halogens is 1. The molecule has 2 N–H and O–H groups in total. The van der Waals surface area contributed by atoms with Crippen molar-refractivity contribution < 1.29 is 0 Å². The van der Waals surface area contributed by atoms with E-state index in [4.69, 9.17) is 11.6 Å². The van der Waals surface area contributed by atoms with Gasteiger partial charge in [0.25, 0.3) is 0 Å². The highest BCUT2D eigenvalue weighted by molar-refractivity contribution is 6.32. The number of rotatable bonds is 1. The molecule has 2 heterocycles. The zero-order chi connectivity index (χ0) is 11.8. The van der Waals surface area contributed by atoms with Gasteiger partial charge in [-0.05, 0) is 62.5 Å². The number of benzene rings is 1.